The standard InChI is InChI=1S/C23H24N2O10/c1-24(14-6-8-15(33-2)9-7-14)22(31)34-18-5-3-4-17-16(18)10-11-25(17)35-20(28)13-23(32,21(29)30)12-19(26)27/h3-9,32H,10-13H2,1-2H3,(H,26,27)(H,29,30). The first-order valence-corrected chi connectivity index (χ1v) is 10.4. The Morgan fingerprint density at radius 2 is 1.74 bits per heavy atom. The fourth-order valence-corrected chi connectivity index (χ4v) is 3.49. The molecule has 0 aliphatic carbocycles. The van der Waals surface area contributed by atoms with Gasteiger partial charge in [-0.15, -0.1) is 0 Å². The fraction of sp³-hybridized carbons (Fsp3) is 0.304. The van der Waals surface area contributed by atoms with Gasteiger partial charge in [0.1, 0.15) is 11.5 Å². The van der Waals surface area contributed by atoms with Crippen LogP contribution >= 0.6 is 0 Å². The van der Waals surface area contributed by atoms with Gasteiger partial charge in [0.05, 0.1) is 32.2 Å². The highest BCUT2D eigenvalue weighted by Crippen LogP contribution is 2.36. The van der Waals surface area contributed by atoms with Crippen molar-refractivity contribution in [2.45, 2.75) is 24.9 Å². The van der Waals surface area contributed by atoms with E-state index in [-0.39, 0.29) is 12.3 Å². The molecule has 0 fully saturated rings. The summed E-state index contributed by atoms with van der Waals surface area (Å²) in [6, 6.07) is 11.6. The SMILES string of the molecule is COc1ccc(N(C)C(=O)Oc2cccc3c2CCN3OC(=O)CC(O)(CC(=O)O)C(=O)O)cc1. The highest BCUT2D eigenvalue weighted by atomic mass is 16.7. The van der Waals surface area contributed by atoms with E-state index in [1.165, 1.54) is 17.1 Å². The van der Waals surface area contributed by atoms with Crippen LogP contribution in [0.3, 0.4) is 0 Å². The Kier molecular flexibility index (Phi) is 7.45. The Morgan fingerprint density at radius 1 is 1.06 bits per heavy atom. The molecular formula is C23H24N2O10. The number of rotatable bonds is 9. The number of hydrogen-bond acceptors (Lipinski definition) is 9. The minimum Gasteiger partial charge on any atom is -0.497 e. The Bertz CT molecular complexity index is 1130. The number of aliphatic hydroxyl groups is 1. The van der Waals surface area contributed by atoms with E-state index in [0.29, 0.717) is 29.1 Å². The maximum Gasteiger partial charge on any atom is 0.419 e. The van der Waals surface area contributed by atoms with Gasteiger partial charge in [-0.3, -0.25) is 9.69 Å². The highest BCUT2D eigenvalue weighted by Gasteiger charge is 2.42. The molecule has 1 atom stereocenters. The van der Waals surface area contributed by atoms with Gasteiger partial charge in [0, 0.05) is 18.3 Å². The molecule has 2 aromatic rings. The quantitative estimate of drug-likeness (QED) is 0.472. The van der Waals surface area contributed by atoms with E-state index in [1.54, 1.807) is 49.5 Å². The maximum atomic E-state index is 12.7. The first-order valence-electron chi connectivity index (χ1n) is 10.4. The lowest BCUT2D eigenvalue weighted by atomic mass is 9.96. The Balaban J connectivity index is 1.69. The number of aliphatic carboxylic acids is 2. The third kappa shape index (κ3) is 5.79. The zero-order valence-corrected chi connectivity index (χ0v) is 19.0. The van der Waals surface area contributed by atoms with Crippen LogP contribution in [0.25, 0.3) is 0 Å². The molecule has 12 heteroatoms. The van der Waals surface area contributed by atoms with E-state index < -0.39 is 42.4 Å². The predicted molar refractivity (Wildman–Crippen MR) is 120 cm³/mol. The number of hydrogen-bond donors (Lipinski definition) is 3. The van der Waals surface area contributed by atoms with Gasteiger partial charge in [-0.2, -0.15) is 0 Å². The average Bonchev–Trinajstić information content (AvgIpc) is 3.21. The number of carbonyl (C=O) groups excluding carboxylic acids is 2. The predicted octanol–water partition coefficient (Wildman–Crippen LogP) is 1.83. The number of carboxylic acids is 2. The van der Waals surface area contributed by atoms with E-state index in [4.69, 9.17) is 24.5 Å². The van der Waals surface area contributed by atoms with Crippen molar-refractivity contribution >= 4 is 35.4 Å². The second kappa shape index (κ2) is 10.3. The van der Waals surface area contributed by atoms with E-state index in [9.17, 15) is 24.3 Å². The molecule has 0 spiro atoms. The molecule has 0 saturated heterocycles. The van der Waals surface area contributed by atoms with Gasteiger partial charge >= 0.3 is 24.0 Å². The molecule has 1 aliphatic heterocycles. The number of amides is 1. The van der Waals surface area contributed by atoms with Crippen molar-refractivity contribution in [1.82, 2.24) is 0 Å². The monoisotopic (exact) mass is 488 g/mol. The number of carbonyl (C=O) groups is 4. The van der Waals surface area contributed by atoms with Crippen molar-refractivity contribution in [3.63, 3.8) is 0 Å². The van der Waals surface area contributed by atoms with Gasteiger partial charge in [0.2, 0.25) is 0 Å². The molecular weight excluding hydrogens is 464 g/mol. The van der Waals surface area contributed by atoms with Crippen molar-refractivity contribution in [2.24, 2.45) is 0 Å². The van der Waals surface area contributed by atoms with E-state index in [0.717, 1.165) is 0 Å². The summed E-state index contributed by atoms with van der Waals surface area (Å²) in [5, 5.41) is 29.2. The van der Waals surface area contributed by atoms with Crippen LogP contribution < -0.4 is 19.4 Å². The van der Waals surface area contributed by atoms with Crippen LogP contribution in [-0.2, 0) is 25.6 Å². The van der Waals surface area contributed by atoms with Gasteiger partial charge in [0.25, 0.3) is 0 Å². The number of methoxy groups -OCH3 is 1. The van der Waals surface area contributed by atoms with E-state index in [2.05, 4.69) is 0 Å². The number of carboxylic acid groups (broad SMARTS) is 2. The highest BCUT2D eigenvalue weighted by molar-refractivity contribution is 5.90. The van der Waals surface area contributed by atoms with E-state index in [1.807, 2.05) is 0 Å². The summed E-state index contributed by atoms with van der Waals surface area (Å²) >= 11 is 0. The third-order valence-corrected chi connectivity index (χ3v) is 5.36. The van der Waals surface area contributed by atoms with Crippen LogP contribution in [-0.4, -0.2) is 65.6 Å². The molecule has 1 amide bonds. The molecule has 3 rings (SSSR count). The second-order valence-corrected chi connectivity index (χ2v) is 7.78. The van der Waals surface area contributed by atoms with Crippen LogP contribution in [0.2, 0.25) is 0 Å². The van der Waals surface area contributed by atoms with Crippen molar-refractivity contribution in [3.8, 4) is 11.5 Å². The number of hydroxylamine groups is 1. The third-order valence-electron chi connectivity index (χ3n) is 5.36. The average molecular weight is 488 g/mol. The lowest BCUT2D eigenvalue weighted by molar-refractivity contribution is -0.172. The number of fused-ring (bicyclic) bond motifs is 1. The molecule has 3 N–H and O–H groups in total. The Labute approximate surface area is 199 Å². The summed E-state index contributed by atoms with van der Waals surface area (Å²) in [6.07, 6.45) is -2.55. The van der Waals surface area contributed by atoms with Crippen LogP contribution in [0.5, 0.6) is 11.5 Å². The van der Waals surface area contributed by atoms with Crippen molar-refractivity contribution in [2.75, 3.05) is 30.7 Å². The summed E-state index contributed by atoms with van der Waals surface area (Å²) < 4.78 is 10.6. The molecule has 1 unspecified atom stereocenters. The topological polar surface area (TPSA) is 163 Å². The minimum absolute atomic E-state index is 0.175. The summed E-state index contributed by atoms with van der Waals surface area (Å²) in [6.45, 7) is 0.175. The first-order chi connectivity index (χ1) is 16.5. The van der Waals surface area contributed by atoms with Crippen molar-refractivity contribution in [3.05, 3.63) is 48.0 Å². The molecule has 0 bridgehead atoms. The van der Waals surface area contributed by atoms with Gasteiger partial charge in [-0.05, 0) is 42.8 Å². The lowest BCUT2D eigenvalue weighted by Gasteiger charge is -2.23. The normalized spacial score (nSPS) is 13.9. The lowest BCUT2D eigenvalue weighted by Crippen LogP contribution is -2.44. The number of anilines is 2. The number of benzene rings is 2. The largest absolute Gasteiger partial charge is 0.497 e. The number of nitrogens with zero attached hydrogens (tertiary/aromatic N) is 2. The van der Waals surface area contributed by atoms with E-state index >= 15 is 0 Å². The second-order valence-electron chi connectivity index (χ2n) is 7.78. The Morgan fingerprint density at radius 3 is 2.34 bits per heavy atom. The maximum absolute atomic E-state index is 12.7. The molecule has 35 heavy (non-hydrogen) atoms. The molecule has 12 nitrogen and oxygen atoms in total. The zero-order chi connectivity index (χ0) is 25.8. The van der Waals surface area contributed by atoms with Gasteiger partial charge < -0.3 is 29.6 Å². The summed E-state index contributed by atoms with van der Waals surface area (Å²) in [5.41, 5.74) is -1.25. The number of ether oxygens (including phenoxy) is 2. The molecule has 1 heterocycles. The van der Waals surface area contributed by atoms with Crippen LogP contribution in [0.1, 0.15) is 18.4 Å². The van der Waals surface area contributed by atoms with Crippen molar-refractivity contribution < 1.29 is 48.8 Å². The van der Waals surface area contributed by atoms with Crippen LogP contribution in [0.15, 0.2) is 42.5 Å². The molecule has 0 radical (unpaired) electrons. The molecule has 2 aromatic carbocycles. The zero-order valence-electron chi connectivity index (χ0n) is 19.0. The van der Waals surface area contributed by atoms with Crippen LogP contribution in [0.4, 0.5) is 16.2 Å². The summed E-state index contributed by atoms with van der Waals surface area (Å²) in [5.74, 6) is -3.69. The molecule has 1 aliphatic rings. The van der Waals surface area contributed by atoms with Crippen molar-refractivity contribution in [1.29, 1.82) is 0 Å². The van der Waals surface area contributed by atoms with Gasteiger partial charge in [-0.1, -0.05) is 6.07 Å². The molecule has 0 aromatic heterocycles. The summed E-state index contributed by atoms with van der Waals surface area (Å²) in [7, 11) is 3.08. The van der Waals surface area contributed by atoms with Crippen LogP contribution in [0, 0.1) is 0 Å². The first kappa shape index (κ1) is 25.3. The summed E-state index contributed by atoms with van der Waals surface area (Å²) in [4.78, 5) is 53.6. The smallest absolute Gasteiger partial charge is 0.419 e. The molecule has 186 valence electrons. The van der Waals surface area contributed by atoms with Gasteiger partial charge in [0.15, 0.2) is 5.60 Å². The minimum atomic E-state index is -2.81. The van der Waals surface area contributed by atoms with Gasteiger partial charge in [-0.25, -0.2) is 19.4 Å². The Hall–Kier alpha value is -4.32. The molecule has 0 saturated carbocycles. The fourth-order valence-electron chi connectivity index (χ4n) is 3.49.